The predicted octanol–water partition coefficient (Wildman–Crippen LogP) is 15.3. The molecule has 0 radical (unpaired) electrons. The first-order chi connectivity index (χ1) is 30.8. The van der Waals surface area contributed by atoms with Gasteiger partial charge in [-0.05, 0) is 138 Å². The lowest BCUT2D eigenvalue weighted by Crippen LogP contribution is -2.16. The van der Waals surface area contributed by atoms with Gasteiger partial charge in [0.05, 0.1) is 11.0 Å². The lowest BCUT2D eigenvalue weighted by Gasteiger charge is -2.28. The van der Waals surface area contributed by atoms with E-state index in [1.807, 2.05) is 140 Å². The summed E-state index contributed by atoms with van der Waals surface area (Å²) in [6, 6.07) is 50.0. The van der Waals surface area contributed by atoms with E-state index in [0.29, 0.717) is 16.8 Å². The molecular weight excluding hydrogens is 675 g/mol. The average Bonchev–Trinajstić information content (AvgIpc) is 3.55. The fourth-order valence-electron chi connectivity index (χ4n) is 8.06. The molecule has 0 saturated heterocycles. The summed E-state index contributed by atoms with van der Waals surface area (Å²) in [5.41, 5.74) is 8.59. The number of nitrogens with zero attached hydrogens (tertiary/aromatic N) is 1. The van der Waals surface area contributed by atoms with E-state index in [1.165, 1.54) is 4.90 Å². The zero-order valence-corrected chi connectivity index (χ0v) is 31.0. The molecule has 0 atom stereocenters. The highest BCUT2D eigenvalue weighted by atomic mass is 15.1. The van der Waals surface area contributed by atoms with Crippen molar-refractivity contribution >= 4 is 27.8 Å². The maximum absolute atomic E-state index is 9.89. The van der Waals surface area contributed by atoms with E-state index in [-0.39, 0.29) is 58.8 Å². The Kier molecular flexibility index (Phi) is 6.36. The third-order valence-corrected chi connectivity index (χ3v) is 11.0. The molecule has 0 heterocycles. The average molecular weight is 724 g/mol. The Balaban J connectivity index is 1.25. The Morgan fingerprint density at radius 1 is 0.375 bits per heavy atom. The van der Waals surface area contributed by atoms with Gasteiger partial charge < -0.3 is 4.90 Å². The molecule has 266 valence electrons. The molecule has 56 heavy (non-hydrogen) atoms. The number of hydrogen-bond acceptors (Lipinski definition) is 1. The number of benzene rings is 9. The van der Waals surface area contributed by atoms with Crippen LogP contribution in [0.25, 0.3) is 66.4 Å². The highest BCUT2D eigenvalue weighted by Crippen LogP contribution is 2.51. The lowest BCUT2D eigenvalue weighted by molar-refractivity contribution is 0.660. The minimum Gasteiger partial charge on any atom is -0.310 e. The molecular formula is C55H41N. The van der Waals surface area contributed by atoms with Crippen molar-refractivity contribution in [3.05, 3.63) is 223 Å². The summed E-state index contributed by atoms with van der Waals surface area (Å²) in [6.45, 7) is 4.26. The van der Waals surface area contributed by atoms with Gasteiger partial charge in [0.15, 0.2) is 0 Å². The number of anilines is 3. The molecule has 0 N–H and O–H groups in total. The van der Waals surface area contributed by atoms with Crippen LogP contribution in [0.15, 0.2) is 212 Å². The molecule has 9 aromatic rings. The molecule has 0 saturated carbocycles. The normalized spacial score (nSPS) is 14.6. The molecule has 0 spiro atoms. The van der Waals surface area contributed by atoms with E-state index in [0.717, 1.165) is 55.3 Å². The molecule has 1 aliphatic carbocycles. The van der Waals surface area contributed by atoms with Crippen molar-refractivity contribution in [1.29, 1.82) is 0 Å². The van der Waals surface area contributed by atoms with Crippen LogP contribution in [-0.4, -0.2) is 0 Å². The SMILES string of the molecule is [2H]c1c([2H])c(-c2ccc3ccccc3c2)c([2H])c(N(c2ccc3c(c2)C(C)(C)c2ccccc2-3)c2c([2H])c([2H])c(-c3cc(-c4ccccc4)cc(-c4ccccc4)c3)c([2H])c2[2H])c1[2H]. The fourth-order valence-corrected chi connectivity index (χ4v) is 8.06. The molecule has 0 fully saturated rings. The Labute approximate surface area is 341 Å². The summed E-state index contributed by atoms with van der Waals surface area (Å²) < 4.78 is 76.8. The summed E-state index contributed by atoms with van der Waals surface area (Å²) >= 11 is 0. The van der Waals surface area contributed by atoms with Crippen molar-refractivity contribution in [1.82, 2.24) is 0 Å². The Morgan fingerprint density at radius 2 is 0.982 bits per heavy atom. The van der Waals surface area contributed by atoms with Gasteiger partial charge in [-0.25, -0.2) is 0 Å². The van der Waals surface area contributed by atoms with Gasteiger partial charge in [-0.3, -0.25) is 0 Å². The standard InChI is InChI=1S/C55H41N/c1-55(2)53-23-12-11-22-51(53)52-31-30-50(37-54(52)55)56(49-21-13-20-43(36-49)44-25-24-40-18-9-10-19-42(40)32-44)48-28-26-41(27-29-48)47-34-45(38-14-5-3-6-15-38)33-46(35-47)39-16-7-4-8-17-39/h3-37H,1-2H3/i13D,20D,21D,26D,27D,28D,29D,36D. The maximum Gasteiger partial charge on any atom is 0.0651 e. The quantitative estimate of drug-likeness (QED) is 0.158. The van der Waals surface area contributed by atoms with Crippen LogP contribution in [0.1, 0.15) is 35.9 Å². The summed E-state index contributed by atoms with van der Waals surface area (Å²) in [6.07, 6.45) is 0. The largest absolute Gasteiger partial charge is 0.310 e. The van der Waals surface area contributed by atoms with Gasteiger partial charge in [0.1, 0.15) is 0 Å². The minimum absolute atomic E-state index is 0.107. The van der Waals surface area contributed by atoms with E-state index >= 15 is 0 Å². The van der Waals surface area contributed by atoms with E-state index in [1.54, 1.807) is 6.07 Å². The number of hydrogen-bond donors (Lipinski definition) is 0. The molecule has 1 heteroatoms. The van der Waals surface area contributed by atoms with E-state index in [9.17, 15) is 9.60 Å². The van der Waals surface area contributed by atoms with Gasteiger partial charge in [-0.2, -0.15) is 0 Å². The van der Waals surface area contributed by atoms with Crippen LogP contribution < -0.4 is 4.90 Å². The van der Waals surface area contributed by atoms with Gasteiger partial charge in [-0.15, -0.1) is 0 Å². The smallest absolute Gasteiger partial charge is 0.0651 e. The maximum atomic E-state index is 9.89. The summed E-state index contributed by atoms with van der Waals surface area (Å²) in [7, 11) is 0. The third kappa shape index (κ3) is 5.99. The minimum atomic E-state index is -0.470. The molecule has 1 aliphatic rings. The first-order valence-electron chi connectivity index (χ1n) is 22.9. The highest BCUT2D eigenvalue weighted by Gasteiger charge is 2.35. The van der Waals surface area contributed by atoms with Crippen LogP contribution in [0.4, 0.5) is 17.1 Å². The number of fused-ring (bicyclic) bond motifs is 4. The fraction of sp³-hybridized carbons (Fsp3) is 0.0545. The predicted molar refractivity (Wildman–Crippen MR) is 238 cm³/mol. The molecule has 0 amide bonds. The van der Waals surface area contributed by atoms with Crippen molar-refractivity contribution < 1.29 is 11.0 Å². The van der Waals surface area contributed by atoms with E-state index in [2.05, 4.69) is 32.0 Å². The second kappa shape index (κ2) is 13.7. The molecule has 0 aliphatic heterocycles. The van der Waals surface area contributed by atoms with Crippen molar-refractivity contribution in [2.24, 2.45) is 0 Å². The van der Waals surface area contributed by atoms with Crippen LogP contribution in [0, 0.1) is 0 Å². The monoisotopic (exact) mass is 723 g/mol. The first kappa shape index (κ1) is 26.0. The zero-order chi connectivity index (χ0) is 44.6. The molecule has 0 bridgehead atoms. The van der Waals surface area contributed by atoms with Gasteiger partial charge >= 0.3 is 0 Å². The lowest BCUT2D eigenvalue weighted by atomic mass is 9.82. The third-order valence-electron chi connectivity index (χ3n) is 11.0. The van der Waals surface area contributed by atoms with Crippen molar-refractivity contribution in [3.8, 4) is 55.6 Å². The highest BCUT2D eigenvalue weighted by molar-refractivity contribution is 5.90. The first-order valence-corrected chi connectivity index (χ1v) is 18.9. The summed E-state index contributed by atoms with van der Waals surface area (Å²) in [4.78, 5) is 1.45. The van der Waals surface area contributed by atoms with Crippen molar-refractivity contribution in [2.75, 3.05) is 4.90 Å². The zero-order valence-electron chi connectivity index (χ0n) is 39.0. The van der Waals surface area contributed by atoms with Crippen LogP contribution in [0.3, 0.4) is 0 Å². The van der Waals surface area contributed by atoms with Crippen molar-refractivity contribution in [2.45, 2.75) is 19.3 Å². The number of rotatable bonds is 7. The summed E-state index contributed by atoms with van der Waals surface area (Å²) in [5, 5.41) is 1.84. The topological polar surface area (TPSA) is 3.24 Å². The van der Waals surface area contributed by atoms with Crippen LogP contribution in [0.5, 0.6) is 0 Å². The molecule has 0 unspecified atom stereocenters. The summed E-state index contributed by atoms with van der Waals surface area (Å²) in [5.74, 6) is 0. The van der Waals surface area contributed by atoms with Gasteiger partial charge in [0.2, 0.25) is 0 Å². The second-order valence-corrected chi connectivity index (χ2v) is 14.8. The van der Waals surface area contributed by atoms with Crippen LogP contribution in [0.2, 0.25) is 0 Å². The van der Waals surface area contributed by atoms with Crippen LogP contribution >= 0.6 is 0 Å². The molecule has 0 aromatic heterocycles. The Bertz CT molecular complexity index is 3260. The van der Waals surface area contributed by atoms with Crippen LogP contribution in [-0.2, 0) is 5.41 Å². The van der Waals surface area contributed by atoms with Gasteiger partial charge in [0.25, 0.3) is 0 Å². The molecule has 1 nitrogen and oxygen atoms in total. The second-order valence-electron chi connectivity index (χ2n) is 14.8. The molecule has 10 rings (SSSR count). The van der Waals surface area contributed by atoms with E-state index in [4.69, 9.17) is 1.37 Å². The van der Waals surface area contributed by atoms with Crippen molar-refractivity contribution in [3.63, 3.8) is 0 Å². The van der Waals surface area contributed by atoms with Gasteiger partial charge in [0, 0.05) is 22.5 Å². The van der Waals surface area contributed by atoms with Gasteiger partial charge in [-0.1, -0.05) is 165 Å². The Morgan fingerprint density at radius 3 is 1.70 bits per heavy atom. The van der Waals surface area contributed by atoms with E-state index < -0.39 is 17.5 Å². The molecule has 9 aromatic carbocycles. The Hall–Kier alpha value is -6.96.